The molecule has 12 heteroatoms. The first-order valence-electron chi connectivity index (χ1n) is 13.0. The molecule has 2 aliphatic rings. The molecule has 3 N–H and O–H groups in total. The zero-order valence-electron chi connectivity index (χ0n) is 22.0. The lowest BCUT2D eigenvalue weighted by Crippen LogP contribution is -2.43. The molecule has 0 spiro atoms. The van der Waals surface area contributed by atoms with Gasteiger partial charge in [-0.3, -0.25) is 0 Å². The molecule has 8 nitrogen and oxygen atoms in total. The third-order valence-electron chi connectivity index (χ3n) is 5.92. The molecule has 2 aliphatic heterocycles. The second-order valence-corrected chi connectivity index (χ2v) is 10.8. The molecule has 2 aromatic heterocycles. The fourth-order valence-corrected chi connectivity index (χ4v) is 5.11. The minimum absolute atomic E-state index is 0.212. The number of aromatic nitrogens is 4. The van der Waals surface area contributed by atoms with Crippen molar-refractivity contribution in [3.63, 3.8) is 0 Å². The van der Waals surface area contributed by atoms with E-state index >= 15 is 0 Å². The third kappa shape index (κ3) is 10.3. The summed E-state index contributed by atoms with van der Waals surface area (Å²) in [6, 6.07) is 12.9. The Balaban J connectivity index is 0.000000154. The Hall–Kier alpha value is -2.90. The zero-order chi connectivity index (χ0) is 27.3. The standard InChI is InChI=1S/C13H15FN4S.C10H9FN2S.C4H10N2/c14-11-3-1-10(2-4-11)9-12-16-13(19-17-12)18-7-5-15-6-8-18;1-7-12-10(13-14-7)6-8-2-4-9(11)5-3-8;1-2-6-4-3-5-1/h1-4,15H,5-9H2;2-5H,6H2,1H3;5-6H,1-4H2. The number of halogens is 2. The first kappa shape index (κ1) is 29.1. The van der Waals surface area contributed by atoms with Gasteiger partial charge in [-0.15, -0.1) is 0 Å². The van der Waals surface area contributed by atoms with Crippen molar-refractivity contribution in [1.29, 1.82) is 0 Å². The fraction of sp³-hybridized carbons (Fsp3) is 0.407. The van der Waals surface area contributed by atoms with Crippen LogP contribution in [0.2, 0.25) is 0 Å². The Bertz CT molecular complexity index is 1230. The highest BCUT2D eigenvalue weighted by Crippen LogP contribution is 2.19. The van der Waals surface area contributed by atoms with Crippen LogP contribution in [0.4, 0.5) is 13.9 Å². The Morgan fingerprint density at radius 1 is 0.667 bits per heavy atom. The first-order chi connectivity index (χ1) is 19.0. The van der Waals surface area contributed by atoms with Crippen molar-refractivity contribution in [2.45, 2.75) is 19.8 Å². The normalized spacial score (nSPS) is 15.1. The van der Waals surface area contributed by atoms with E-state index in [0.29, 0.717) is 12.8 Å². The molecule has 6 rings (SSSR count). The monoisotopic (exact) mass is 572 g/mol. The van der Waals surface area contributed by atoms with Crippen LogP contribution in [-0.4, -0.2) is 71.1 Å². The van der Waals surface area contributed by atoms with Crippen LogP contribution in [0, 0.1) is 18.6 Å². The molecule has 4 heterocycles. The van der Waals surface area contributed by atoms with Gasteiger partial charge in [-0.1, -0.05) is 24.3 Å². The van der Waals surface area contributed by atoms with Gasteiger partial charge in [0.15, 0.2) is 0 Å². The lowest BCUT2D eigenvalue weighted by atomic mass is 10.1. The maximum atomic E-state index is 12.8. The van der Waals surface area contributed by atoms with Crippen molar-refractivity contribution in [1.82, 2.24) is 34.7 Å². The van der Waals surface area contributed by atoms with Gasteiger partial charge in [-0.2, -0.15) is 8.75 Å². The number of anilines is 1. The Morgan fingerprint density at radius 3 is 1.59 bits per heavy atom. The number of nitrogens with one attached hydrogen (secondary N) is 3. The number of nitrogens with zero attached hydrogens (tertiary/aromatic N) is 5. The van der Waals surface area contributed by atoms with Gasteiger partial charge in [0.2, 0.25) is 5.13 Å². The molecule has 0 saturated carbocycles. The summed E-state index contributed by atoms with van der Waals surface area (Å²) < 4.78 is 34.0. The minimum Gasteiger partial charge on any atom is -0.344 e. The van der Waals surface area contributed by atoms with E-state index < -0.39 is 0 Å². The van der Waals surface area contributed by atoms with Crippen molar-refractivity contribution in [2.75, 3.05) is 57.3 Å². The van der Waals surface area contributed by atoms with E-state index in [-0.39, 0.29) is 11.6 Å². The molecule has 0 amide bonds. The van der Waals surface area contributed by atoms with Crippen LogP contribution in [0.3, 0.4) is 0 Å². The maximum Gasteiger partial charge on any atom is 0.205 e. The summed E-state index contributed by atoms with van der Waals surface area (Å²) >= 11 is 2.83. The predicted molar refractivity (Wildman–Crippen MR) is 154 cm³/mol. The van der Waals surface area contributed by atoms with Crippen molar-refractivity contribution in [3.05, 3.63) is 87.9 Å². The lowest BCUT2D eigenvalue weighted by molar-refractivity contribution is 0.534. The molecule has 0 atom stereocenters. The molecule has 208 valence electrons. The summed E-state index contributed by atoms with van der Waals surface area (Å²) in [6.07, 6.45) is 1.33. The zero-order valence-corrected chi connectivity index (χ0v) is 23.6. The Labute approximate surface area is 236 Å². The van der Waals surface area contributed by atoms with E-state index in [0.717, 1.165) is 85.3 Å². The topological polar surface area (TPSA) is 90.9 Å². The number of piperazine rings is 2. The molecular formula is C27H34F2N8S2. The molecule has 2 saturated heterocycles. The quantitative estimate of drug-likeness (QED) is 0.335. The van der Waals surface area contributed by atoms with Crippen LogP contribution < -0.4 is 20.9 Å². The second kappa shape index (κ2) is 15.6. The smallest absolute Gasteiger partial charge is 0.205 e. The van der Waals surface area contributed by atoms with E-state index in [1.54, 1.807) is 24.3 Å². The maximum absolute atomic E-state index is 12.8. The molecule has 0 unspecified atom stereocenters. The van der Waals surface area contributed by atoms with Gasteiger partial charge in [0.1, 0.15) is 28.3 Å². The van der Waals surface area contributed by atoms with Gasteiger partial charge in [-0.05, 0) is 53.8 Å². The lowest BCUT2D eigenvalue weighted by Gasteiger charge is -2.26. The minimum atomic E-state index is -0.212. The van der Waals surface area contributed by atoms with Crippen LogP contribution in [0.15, 0.2) is 48.5 Å². The summed E-state index contributed by atoms with van der Waals surface area (Å²) in [5, 5.41) is 11.7. The predicted octanol–water partition coefficient (Wildman–Crippen LogP) is 3.43. The van der Waals surface area contributed by atoms with Crippen molar-refractivity contribution in [3.8, 4) is 0 Å². The number of hydrogen-bond acceptors (Lipinski definition) is 10. The summed E-state index contributed by atoms with van der Waals surface area (Å²) in [5.41, 5.74) is 2.07. The number of benzene rings is 2. The van der Waals surface area contributed by atoms with Crippen LogP contribution in [0.25, 0.3) is 0 Å². The highest BCUT2D eigenvalue weighted by molar-refractivity contribution is 7.09. The van der Waals surface area contributed by atoms with Crippen LogP contribution in [0.1, 0.15) is 27.8 Å². The SMILES string of the molecule is C1CNCCN1.Cc1nc(Cc2ccc(F)cc2)ns1.Fc1ccc(Cc2nsc(N3CCNCC3)n2)cc1. The Morgan fingerprint density at radius 2 is 1.13 bits per heavy atom. The number of rotatable bonds is 5. The highest BCUT2D eigenvalue weighted by atomic mass is 32.1. The summed E-state index contributed by atoms with van der Waals surface area (Å²) in [7, 11) is 0. The Kier molecular flexibility index (Phi) is 11.7. The van der Waals surface area contributed by atoms with E-state index in [1.807, 2.05) is 6.92 Å². The largest absolute Gasteiger partial charge is 0.344 e. The average Bonchev–Trinajstić information content (AvgIpc) is 3.62. The average molecular weight is 573 g/mol. The second-order valence-electron chi connectivity index (χ2n) is 9.07. The molecule has 39 heavy (non-hydrogen) atoms. The number of aryl methyl sites for hydroxylation is 1. The summed E-state index contributed by atoms with van der Waals surface area (Å²) in [6.45, 7) is 10.4. The molecule has 0 radical (unpaired) electrons. The van der Waals surface area contributed by atoms with Gasteiger partial charge in [-0.25, -0.2) is 18.7 Å². The molecule has 0 aliphatic carbocycles. The van der Waals surface area contributed by atoms with E-state index in [9.17, 15) is 8.78 Å². The summed E-state index contributed by atoms with van der Waals surface area (Å²) in [5.74, 6) is 1.19. The van der Waals surface area contributed by atoms with Gasteiger partial charge < -0.3 is 20.9 Å². The van der Waals surface area contributed by atoms with Crippen molar-refractivity contribution < 1.29 is 8.78 Å². The molecule has 0 bridgehead atoms. The first-order valence-corrected chi connectivity index (χ1v) is 14.6. The molecule has 2 fully saturated rings. The number of hydrogen-bond donors (Lipinski definition) is 3. The summed E-state index contributed by atoms with van der Waals surface area (Å²) in [4.78, 5) is 11.1. The van der Waals surface area contributed by atoms with E-state index in [1.165, 1.54) is 47.3 Å². The van der Waals surface area contributed by atoms with E-state index in [4.69, 9.17) is 0 Å². The highest BCUT2D eigenvalue weighted by Gasteiger charge is 2.15. The van der Waals surface area contributed by atoms with Crippen LogP contribution in [-0.2, 0) is 12.8 Å². The van der Waals surface area contributed by atoms with Gasteiger partial charge in [0, 0.05) is 76.7 Å². The molecular weight excluding hydrogens is 538 g/mol. The van der Waals surface area contributed by atoms with Gasteiger partial charge >= 0.3 is 0 Å². The van der Waals surface area contributed by atoms with Gasteiger partial charge in [0.25, 0.3) is 0 Å². The fourth-order valence-electron chi connectivity index (χ4n) is 3.89. The molecule has 2 aromatic carbocycles. The van der Waals surface area contributed by atoms with Crippen molar-refractivity contribution in [2.24, 2.45) is 0 Å². The van der Waals surface area contributed by atoms with Gasteiger partial charge in [0.05, 0.1) is 0 Å². The van der Waals surface area contributed by atoms with Crippen LogP contribution >= 0.6 is 23.1 Å². The van der Waals surface area contributed by atoms with E-state index in [2.05, 4.69) is 39.6 Å². The molecule has 4 aromatic rings. The van der Waals surface area contributed by atoms with Crippen LogP contribution in [0.5, 0.6) is 0 Å². The van der Waals surface area contributed by atoms with Crippen molar-refractivity contribution >= 4 is 28.2 Å². The third-order valence-corrected chi connectivity index (χ3v) is 7.39.